The predicted molar refractivity (Wildman–Crippen MR) is 118 cm³/mol. The lowest BCUT2D eigenvalue weighted by atomic mass is 10.1. The molecule has 1 saturated heterocycles. The van der Waals surface area contributed by atoms with Crippen LogP contribution in [0.25, 0.3) is 11.3 Å². The first kappa shape index (κ1) is 20.8. The van der Waals surface area contributed by atoms with Gasteiger partial charge in [0, 0.05) is 44.6 Å². The van der Waals surface area contributed by atoms with Crippen LogP contribution in [0.4, 0.5) is 0 Å². The Kier molecular flexibility index (Phi) is 6.44. The number of hydrogen-bond donors (Lipinski definition) is 0. The predicted octanol–water partition coefficient (Wildman–Crippen LogP) is 3.99. The Labute approximate surface area is 182 Å². The zero-order valence-electron chi connectivity index (χ0n) is 17.7. The molecule has 0 spiro atoms. The highest BCUT2D eigenvalue weighted by molar-refractivity contribution is 5.76. The van der Waals surface area contributed by atoms with Crippen LogP contribution in [0.1, 0.15) is 29.5 Å². The second-order valence-corrected chi connectivity index (χ2v) is 7.84. The molecule has 1 aliphatic rings. The van der Waals surface area contributed by atoms with Crippen molar-refractivity contribution in [1.82, 2.24) is 14.8 Å². The molecule has 6 nitrogen and oxygen atoms in total. The molecule has 0 bridgehead atoms. The van der Waals surface area contributed by atoms with Crippen molar-refractivity contribution in [3.63, 3.8) is 0 Å². The number of amides is 1. The number of carbonyl (C=O) groups excluding carboxylic acids is 1. The Morgan fingerprint density at radius 2 is 1.81 bits per heavy atom. The van der Waals surface area contributed by atoms with Crippen molar-refractivity contribution in [2.24, 2.45) is 0 Å². The van der Waals surface area contributed by atoms with Crippen LogP contribution < -0.4 is 0 Å². The highest BCUT2D eigenvalue weighted by Gasteiger charge is 2.27. The van der Waals surface area contributed by atoms with E-state index in [1.807, 2.05) is 66.4 Å². The molecule has 1 aromatic heterocycles. The Bertz CT molecular complexity index is 1050. The number of aryl methyl sites for hydroxylation is 2. The van der Waals surface area contributed by atoms with Gasteiger partial charge in [0.1, 0.15) is 6.04 Å². The zero-order chi connectivity index (χ0) is 21.6. The highest BCUT2D eigenvalue weighted by Crippen LogP contribution is 2.23. The van der Waals surface area contributed by atoms with Crippen LogP contribution in [0, 0.1) is 18.3 Å². The molecule has 0 N–H and O–H groups in total. The van der Waals surface area contributed by atoms with Crippen LogP contribution >= 0.6 is 0 Å². The van der Waals surface area contributed by atoms with Gasteiger partial charge in [-0.15, -0.1) is 0 Å². The van der Waals surface area contributed by atoms with Crippen LogP contribution in [0.5, 0.6) is 0 Å². The summed E-state index contributed by atoms with van der Waals surface area (Å²) in [7, 11) is 0. The van der Waals surface area contributed by atoms with Gasteiger partial charge in [-0.3, -0.25) is 9.69 Å². The quantitative estimate of drug-likeness (QED) is 0.610. The first-order valence-electron chi connectivity index (χ1n) is 10.6. The normalized spacial score (nSPS) is 15.4. The molecule has 6 heteroatoms. The average Bonchev–Trinajstić information content (AvgIpc) is 3.29. The van der Waals surface area contributed by atoms with Crippen LogP contribution in [0.15, 0.2) is 65.2 Å². The number of hydrogen-bond acceptors (Lipinski definition) is 5. The summed E-state index contributed by atoms with van der Waals surface area (Å²) in [6.07, 6.45) is 2.57. The second-order valence-electron chi connectivity index (χ2n) is 7.84. The largest absolute Gasteiger partial charge is 0.441 e. The summed E-state index contributed by atoms with van der Waals surface area (Å²) in [6, 6.07) is 20.0. The number of benzene rings is 2. The van der Waals surface area contributed by atoms with E-state index < -0.39 is 0 Å². The van der Waals surface area contributed by atoms with Crippen molar-refractivity contribution < 1.29 is 9.21 Å². The van der Waals surface area contributed by atoms with Crippen molar-refractivity contribution in [2.75, 3.05) is 26.2 Å². The van der Waals surface area contributed by atoms with E-state index in [-0.39, 0.29) is 11.9 Å². The molecule has 0 saturated carbocycles. The molecule has 1 fully saturated rings. The van der Waals surface area contributed by atoms with E-state index in [2.05, 4.69) is 16.0 Å². The molecule has 31 heavy (non-hydrogen) atoms. The van der Waals surface area contributed by atoms with Gasteiger partial charge >= 0.3 is 0 Å². The molecule has 0 radical (unpaired) electrons. The van der Waals surface area contributed by atoms with E-state index in [1.54, 1.807) is 6.20 Å². The summed E-state index contributed by atoms with van der Waals surface area (Å²) in [6.45, 7) is 4.68. The molecule has 2 heterocycles. The Hall–Kier alpha value is -3.43. The van der Waals surface area contributed by atoms with Crippen molar-refractivity contribution in [2.45, 2.75) is 25.8 Å². The van der Waals surface area contributed by atoms with Crippen LogP contribution in [0.3, 0.4) is 0 Å². The maximum absolute atomic E-state index is 12.7. The molecule has 3 aromatic rings. The summed E-state index contributed by atoms with van der Waals surface area (Å²) < 4.78 is 5.83. The maximum atomic E-state index is 12.7. The minimum atomic E-state index is -0.272. The number of oxazole rings is 1. The number of carbonyl (C=O) groups is 1. The molecular weight excluding hydrogens is 388 g/mol. The number of rotatable bonds is 6. The highest BCUT2D eigenvalue weighted by atomic mass is 16.4. The van der Waals surface area contributed by atoms with Gasteiger partial charge in [-0.05, 0) is 12.5 Å². The Morgan fingerprint density at radius 1 is 1.10 bits per heavy atom. The monoisotopic (exact) mass is 414 g/mol. The van der Waals surface area contributed by atoms with Gasteiger partial charge in [0.25, 0.3) is 0 Å². The summed E-state index contributed by atoms with van der Waals surface area (Å²) in [5.74, 6) is 1.40. The first-order chi connectivity index (χ1) is 15.1. The van der Waals surface area contributed by atoms with Gasteiger partial charge < -0.3 is 9.32 Å². The van der Waals surface area contributed by atoms with Crippen LogP contribution in [-0.2, 0) is 11.2 Å². The SMILES string of the molecule is Cc1ccc(-c2cnc(CCC(=O)N3CCN(C(C#N)c4ccccc4)CC3)o2)cc1. The number of aromatic nitrogens is 1. The molecule has 158 valence electrons. The fourth-order valence-corrected chi connectivity index (χ4v) is 3.88. The Morgan fingerprint density at radius 3 is 2.48 bits per heavy atom. The van der Waals surface area contributed by atoms with Gasteiger partial charge in [0.15, 0.2) is 11.7 Å². The Balaban J connectivity index is 1.28. The number of nitrogens with zero attached hydrogens (tertiary/aromatic N) is 4. The maximum Gasteiger partial charge on any atom is 0.223 e. The lowest BCUT2D eigenvalue weighted by Gasteiger charge is -2.37. The fourth-order valence-electron chi connectivity index (χ4n) is 3.88. The molecule has 1 aliphatic heterocycles. The van der Waals surface area contributed by atoms with Crippen molar-refractivity contribution >= 4 is 5.91 Å². The lowest BCUT2D eigenvalue weighted by molar-refractivity contribution is -0.133. The van der Waals surface area contributed by atoms with Gasteiger partial charge in [-0.1, -0.05) is 60.2 Å². The minimum Gasteiger partial charge on any atom is -0.441 e. The molecule has 1 amide bonds. The molecule has 0 aliphatic carbocycles. The third-order valence-corrected chi connectivity index (χ3v) is 5.71. The molecule has 1 atom stereocenters. The smallest absolute Gasteiger partial charge is 0.223 e. The van der Waals surface area contributed by atoms with E-state index >= 15 is 0 Å². The summed E-state index contributed by atoms with van der Waals surface area (Å²) in [4.78, 5) is 21.0. The molecule has 4 rings (SSSR count). The number of piperazine rings is 1. The third kappa shape index (κ3) is 5.01. The number of nitriles is 1. The van der Waals surface area contributed by atoms with E-state index in [0.29, 0.717) is 44.9 Å². The van der Waals surface area contributed by atoms with Gasteiger partial charge in [-0.2, -0.15) is 5.26 Å². The van der Waals surface area contributed by atoms with Gasteiger partial charge in [-0.25, -0.2) is 4.98 Å². The van der Waals surface area contributed by atoms with E-state index in [4.69, 9.17) is 4.42 Å². The lowest BCUT2D eigenvalue weighted by Crippen LogP contribution is -2.49. The standard InChI is InChI=1S/C25H26N4O2/c1-19-7-9-21(10-8-19)23-18-27-24(31-23)11-12-25(30)29-15-13-28(14-16-29)22(17-26)20-5-3-2-4-6-20/h2-10,18,22H,11-16H2,1H3. The van der Waals surface area contributed by atoms with E-state index in [1.165, 1.54) is 5.56 Å². The summed E-state index contributed by atoms with van der Waals surface area (Å²) in [5, 5.41) is 9.63. The fraction of sp³-hybridized carbons (Fsp3) is 0.320. The molecule has 1 unspecified atom stereocenters. The van der Waals surface area contributed by atoms with E-state index in [0.717, 1.165) is 16.9 Å². The molecule has 2 aromatic carbocycles. The second kappa shape index (κ2) is 9.59. The topological polar surface area (TPSA) is 73.4 Å². The van der Waals surface area contributed by atoms with Crippen molar-refractivity contribution in [1.29, 1.82) is 5.26 Å². The summed E-state index contributed by atoms with van der Waals surface area (Å²) in [5.41, 5.74) is 3.18. The first-order valence-corrected chi connectivity index (χ1v) is 10.6. The summed E-state index contributed by atoms with van der Waals surface area (Å²) >= 11 is 0. The van der Waals surface area contributed by atoms with Crippen LogP contribution in [0.2, 0.25) is 0 Å². The third-order valence-electron chi connectivity index (χ3n) is 5.71. The zero-order valence-corrected chi connectivity index (χ0v) is 17.7. The van der Waals surface area contributed by atoms with E-state index in [9.17, 15) is 10.1 Å². The average molecular weight is 415 g/mol. The van der Waals surface area contributed by atoms with Crippen molar-refractivity contribution in [3.8, 4) is 17.4 Å². The van der Waals surface area contributed by atoms with Crippen LogP contribution in [-0.4, -0.2) is 46.9 Å². The van der Waals surface area contributed by atoms with Gasteiger partial charge in [0.05, 0.1) is 12.3 Å². The van der Waals surface area contributed by atoms with Crippen molar-refractivity contribution in [3.05, 3.63) is 77.8 Å². The van der Waals surface area contributed by atoms with Gasteiger partial charge in [0.2, 0.25) is 5.91 Å². The minimum absolute atomic E-state index is 0.1000. The molecular formula is C25H26N4O2.